The molecule has 0 aliphatic carbocycles. The van der Waals surface area contributed by atoms with Crippen molar-refractivity contribution >= 4 is 43.4 Å². The van der Waals surface area contributed by atoms with Gasteiger partial charge in [0.05, 0.1) is 0 Å². The Morgan fingerprint density at radius 1 is 1.53 bits per heavy atom. The number of aromatic nitrogens is 1. The molecule has 1 aliphatic rings. The second kappa shape index (κ2) is 5.80. The van der Waals surface area contributed by atoms with E-state index in [2.05, 4.69) is 20.9 Å². The van der Waals surface area contributed by atoms with E-state index >= 15 is 0 Å². The summed E-state index contributed by atoms with van der Waals surface area (Å²) in [6.45, 7) is 0.430. The maximum absolute atomic E-state index is 12.3. The smallest absolute Gasteiger partial charge is 0.273 e. The van der Waals surface area contributed by atoms with Crippen LogP contribution in [-0.4, -0.2) is 53.9 Å². The molecule has 1 saturated heterocycles. The zero-order valence-electron chi connectivity index (χ0n) is 10.2. The van der Waals surface area contributed by atoms with E-state index in [-0.39, 0.29) is 11.6 Å². The van der Waals surface area contributed by atoms with Crippen LogP contribution in [0.4, 0.5) is 0 Å². The summed E-state index contributed by atoms with van der Waals surface area (Å²) in [4.78, 5) is 17.8. The van der Waals surface area contributed by atoms with Crippen LogP contribution in [-0.2, 0) is 9.84 Å². The lowest BCUT2D eigenvalue weighted by Gasteiger charge is -2.33. The van der Waals surface area contributed by atoms with E-state index < -0.39 is 15.2 Å². The highest BCUT2D eigenvalue weighted by atomic mass is 79.9. The molecule has 1 aliphatic heterocycles. The molecule has 1 fully saturated rings. The van der Waals surface area contributed by atoms with E-state index in [9.17, 15) is 13.2 Å². The van der Waals surface area contributed by atoms with Crippen molar-refractivity contribution in [2.45, 2.75) is 5.37 Å². The Hall–Kier alpha value is -0.600. The molecule has 19 heavy (non-hydrogen) atoms. The topological polar surface area (TPSA) is 67.3 Å². The van der Waals surface area contributed by atoms with Crippen LogP contribution in [0.25, 0.3) is 0 Å². The minimum atomic E-state index is -3.29. The van der Waals surface area contributed by atoms with Crippen molar-refractivity contribution in [1.29, 1.82) is 0 Å². The molecule has 0 saturated carbocycles. The molecule has 1 amide bonds. The maximum Gasteiger partial charge on any atom is 0.273 e. The van der Waals surface area contributed by atoms with Crippen molar-refractivity contribution in [2.75, 3.05) is 24.3 Å². The summed E-state index contributed by atoms with van der Waals surface area (Å²) in [6, 6.07) is 3.31. The molecule has 2 rings (SSSR count). The van der Waals surface area contributed by atoms with Crippen LogP contribution in [0.3, 0.4) is 0 Å². The van der Waals surface area contributed by atoms with Crippen LogP contribution in [0.15, 0.2) is 22.8 Å². The average molecular weight is 365 g/mol. The van der Waals surface area contributed by atoms with Gasteiger partial charge < -0.3 is 4.90 Å². The number of rotatable bonds is 2. The van der Waals surface area contributed by atoms with Gasteiger partial charge in [-0.25, -0.2) is 13.4 Å². The van der Waals surface area contributed by atoms with Gasteiger partial charge in [-0.05, 0) is 28.1 Å². The number of hydrogen-bond donors (Lipinski definition) is 0. The van der Waals surface area contributed by atoms with Crippen LogP contribution in [0, 0.1) is 0 Å². The van der Waals surface area contributed by atoms with Crippen LogP contribution in [0.1, 0.15) is 10.5 Å². The van der Waals surface area contributed by atoms with E-state index in [1.165, 1.54) is 17.4 Å². The van der Waals surface area contributed by atoms with Gasteiger partial charge in [0, 0.05) is 35.0 Å². The van der Waals surface area contributed by atoms with Crippen molar-refractivity contribution in [1.82, 2.24) is 9.88 Å². The molecule has 1 atom stereocenters. The maximum atomic E-state index is 12.3. The van der Waals surface area contributed by atoms with Gasteiger partial charge in [-0.15, -0.1) is 0 Å². The fourth-order valence-corrected chi connectivity index (χ4v) is 4.87. The highest BCUT2D eigenvalue weighted by molar-refractivity contribution is 9.10. The molecule has 1 aromatic heterocycles. The van der Waals surface area contributed by atoms with Crippen molar-refractivity contribution in [2.24, 2.45) is 0 Å². The second-order valence-corrected chi connectivity index (χ2v) is 8.49. The number of carbonyl (C=O) groups excluding carboxylic acids is 1. The van der Waals surface area contributed by atoms with E-state index in [0.717, 1.165) is 10.2 Å². The fraction of sp³-hybridized carbons (Fsp3) is 0.455. The molecule has 104 valence electrons. The fourth-order valence-electron chi connectivity index (χ4n) is 1.82. The van der Waals surface area contributed by atoms with E-state index in [1.54, 1.807) is 23.9 Å². The Kier molecular flexibility index (Phi) is 4.52. The third-order valence-electron chi connectivity index (χ3n) is 2.79. The predicted molar refractivity (Wildman–Crippen MR) is 78.9 cm³/mol. The lowest BCUT2D eigenvalue weighted by molar-refractivity contribution is 0.0743. The minimum absolute atomic E-state index is 0.267. The molecule has 0 spiro atoms. The van der Waals surface area contributed by atoms with E-state index in [0.29, 0.717) is 12.3 Å². The summed E-state index contributed by atoms with van der Waals surface area (Å²) >= 11 is 4.80. The molecular weight excluding hydrogens is 352 g/mol. The van der Waals surface area contributed by atoms with Crippen molar-refractivity contribution < 1.29 is 13.2 Å². The Bertz CT molecular complexity index is 574. The number of halogens is 1. The van der Waals surface area contributed by atoms with E-state index in [1.807, 2.05) is 0 Å². The van der Waals surface area contributed by atoms with Crippen LogP contribution in [0.5, 0.6) is 0 Å². The first kappa shape index (κ1) is 14.8. The second-order valence-electron chi connectivity index (χ2n) is 4.22. The molecule has 1 aromatic rings. The molecule has 8 heteroatoms. The molecule has 5 nitrogen and oxygen atoms in total. The van der Waals surface area contributed by atoms with Crippen molar-refractivity contribution in [3.63, 3.8) is 0 Å². The van der Waals surface area contributed by atoms with Crippen LogP contribution >= 0.6 is 27.7 Å². The molecular formula is C11H13BrN2O3S2. The molecule has 0 aromatic carbocycles. The SMILES string of the molecule is CS(=O)(=O)C1CSCCN1C(=O)c1ccc(Br)cn1. The van der Waals surface area contributed by atoms with Crippen molar-refractivity contribution in [3.05, 3.63) is 28.5 Å². The number of thioether (sulfide) groups is 1. The number of sulfone groups is 1. The van der Waals surface area contributed by atoms with Gasteiger partial charge in [0.1, 0.15) is 11.1 Å². The quantitative estimate of drug-likeness (QED) is 0.793. The monoisotopic (exact) mass is 364 g/mol. The first-order chi connectivity index (χ1) is 8.89. The van der Waals surface area contributed by atoms with Gasteiger partial charge >= 0.3 is 0 Å². The molecule has 2 heterocycles. The van der Waals surface area contributed by atoms with Gasteiger partial charge in [0.15, 0.2) is 9.84 Å². The summed E-state index contributed by atoms with van der Waals surface area (Å²) in [5, 5.41) is -0.760. The molecule has 0 N–H and O–H groups in total. The Morgan fingerprint density at radius 2 is 2.26 bits per heavy atom. The zero-order chi connectivity index (χ0) is 14.0. The number of hydrogen-bond acceptors (Lipinski definition) is 5. The standard InChI is InChI=1S/C11H13BrN2O3S2/c1-19(16,17)10-7-18-5-4-14(10)11(15)9-3-2-8(12)6-13-9/h2-3,6,10H,4-5,7H2,1H3. The Morgan fingerprint density at radius 3 is 2.84 bits per heavy atom. The number of nitrogens with zero attached hydrogens (tertiary/aromatic N) is 2. The highest BCUT2D eigenvalue weighted by Crippen LogP contribution is 2.22. The molecule has 0 bridgehead atoms. The summed E-state index contributed by atoms with van der Waals surface area (Å²) in [5.74, 6) is 0.832. The van der Waals surface area contributed by atoms with Gasteiger partial charge in [-0.1, -0.05) is 0 Å². The predicted octanol–water partition coefficient (Wildman–Crippen LogP) is 1.40. The highest BCUT2D eigenvalue weighted by Gasteiger charge is 2.34. The van der Waals surface area contributed by atoms with Gasteiger partial charge in [-0.2, -0.15) is 11.8 Å². The minimum Gasteiger partial charge on any atom is -0.319 e. The largest absolute Gasteiger partial charge is 0.319 e. The van der Waals surface area contributed by atoms with Gasteiger partial charge in [0.25, 0.3) is 5.91 Å². The normalized spacial score (nSPS) is 20.3. The summed E-state index contributed by atoms with van der Waals surface area (Å²) in [6.07, 6.45) is 2.69. The summed E-state index contributed by atoms with van der Waals surface area (Å²) < 4.78 is 24.3. The lowest BCUT2D eigenvalue weighted by atomic mass is 10.3. The molecule has 0 radical (unpaired) electrons. The average Bonchev–Trinajstić information content (AvgIpc) is 2.38. The van der Waals surface area contributed by atoms with Gasteiger partial charge in [0.2, 0.25) is 0 Å². The summed E-state index contributed by atoms with van der Waals surface area (Å²) in [5.41, 5.74) is 0.267. The summed E-state index contributed by atoms with van der Waals surface area (Å²) in [7, 11) is -3.29. The van der Waals surface area contributed by atoms with Crippen LogP contribution < -0.4 is 0 Å². The Balaban J connectivity index is 2.27. The number of pyridine rings is 1. The molecule has 1 unspecified atom stereocenters. The Labute approximate surface area is 124 Å². The first-order valence-electron chi connectivity index (χ1n) is 5.59. The zero-order valence-corrected chi connectivity index (χ0v) is 13.5. The third kappa shape index (κ3) is 3.49. The van der Waals surface area contributed by atoms with Gasteiger partial charge in [-0.3, -0.25) is 4.79 Å². The lowest BCUT2D eigenvalue weighted by Crippen LogP contribution is -2.50. The number of amides is 1. The van der Waals surface area contributed by atoms with Crippen molar-refractivity contribution in [3.8, 4) is 0 Å². The number of carbonyl (C=O) groups is 1. The first-order valence-corrected chi connectivity index (χ1v) is 9.49. The third-order valence-corrected chi connectivity index (χ3v) is 5.90. The van der Waals surface area contributed by atoms with E-state index in [4.69, 9.17) is 0 Å². The van der Waals surface area contributed by atoms with Crippen LogP contribution in [0.2, 0.25) is 0 Å².